The van der Waals surface area contributed by atoms with E-state index in [1.54, 1.807) is 39.1 Å². The molecule has 3 aromatic rings. The van der Waals surface area contributed by atoms with Crippen LogP contribution < -0.4 is 27.0 Å². The van der Waals surface area contributed by atoms with E-state index in [4.69, 9.17) is 27.6 Å². The van der Waals surface area contributed by atoms with Gasteiger partial charge in [0.15, 0.2) is 0 Å². The highest BCUT2D eigenvalue weighted by Gasteiger charge is 2.31. The lowest BCUT2D eigenvalue weighted by atomic mass is 9.98. The Bertz CT molecular complexity index is 1820. The number of amides is 6. The first-order valence-corrected chi connectivity index (χ1v) is 17.7. The minimum atomic E-state index is -1.08. The molecule has 0 unspecified atom stereocenters. The molecule has 0 aliphatic heterocycles. The number of urea groups is 1. The molecule has 2 atom stereocenters. The Morgan fingerprint density at radius 2 is 1.62 bits per heavy atom. The maximum atomic E-state index is 13.6. The van der Waals surface area contributed by atoms with Crippen LogP contribution in [-0.4, -0.2) is 73.6 Å². The number of anilines is 1. The van der Waals surface area contributed by atoms with Crippen molar-refractivity contribution in [2.24, 2.45) is 16.8 Å². The third-order valence-corrected chi connectivity index (χ3v) is 9.11. The van der Waals surface area contributed by atoms with Crippen LogP contribution in [0.4, 0.5) is 15.3 Å². The van der Waals surface area contributed by atoms with Crippen LogP contribution in [0.2, 0.25) is 0 Å². The van der Waals surface area contributed by atoms with E-state index in [1.807, 2.05) is 36.4 Å². The molecule has 3 aromatic carbocycles. The largest absolute Gasteiger partial charge is 0.448 e. The number of halogens is 1. The number of rotatable bonds is 17. The van der Waals surface area contributed by atoms with Gasteiger partial charge in [-0.3, -0.25) is 14.4 Å². The summed E-state index contributed by atoms with van der Waals surface area (Å²) in [5.41, 5.74) is 19.9. The quantitative estimate of drug-likeness (QED) is 0.0414. The van der Waals surface area contributed by atoms with Gasteiger partial charge in [-0.2, -0.15) is 0 Å². The number of nitrogens with one attached hydrogen (secondary N) is 4. The molecule has 0 radical (unpaired) electrons. The summed E-state index contributed by atoms with van der Waals surface area (Å²) in [4.78, 5) is 67.6. The maximum Gasteiger partial charge on any atom is 0.409 e. The highest BCUT2D eigenvalue weighted by Crippen LogP contribution is 2.44. The van der Waals surface area contributed by atoms with Gasteiger partial charge in [-0.25, -0.2) is 9.59 Å². The number of ether oxygens (including phenoxy) is 1. The van der Waals surface area contributed by atoms with Gasteiger partial charge in [-0.05, 0) is 69.8 Å². The second-order valence-electron chi connectivity index (χ2n) is 12.9. The second-order valence-corrected chi connectivity index (χ2v) is 13.2. The van der Waals surface area contributed by atoms with Crippen LogP contribution in [0.25, 0.3) is 21.6 Å². The first-order valence-electron chi connectivity index (χ1n) is 17.1. The van der Waals surface area contributed by atoms with E-state index in [0.717, 1.165) is 27.8 Å². The number of hydrogen-bond donors (Lipinski definition) is 5. The predicted molar refractivity (Wildman–Crippen MR) is 201 cm³/mol. The molecule has 4 rings (SSSR count). The molecular formula is C37H44ClN9O6. The molecule has 6 N–H and O–H groups in total. The minimum absolute atomic E-state index is 0.0958. The van der Waals surface area contributed by atoms with E-state index in [9.17, 15) is 24.0 Å². The van der Waals surface area contributed by atoms with Crippen LogP contribution in [0.3, 0.4) is 0 Å². The zero-order valence-corrected chi connectivity index (χ0v) is 30.6. The molecule has 53 heavy (non-hydrogen) atoms. The fourth-order valence-electron chi connectivity index (χ4n) is 6.13. The molecule has 0 fully saturated rings. The van der Waals surface area contributed by atoms with Crippen molar-refractivity contribution in [1.82, 2.24) is 20.9 Å². The van der Waals surface area contributed by atoms with Gasteiger partial charge in [0.05, 0.1) is 0 Å². The molecule has 16 heteroatoms. The Hall–Kier alpha value is -5.79. The van der Waals surface area contributed by atoms with Crippen LogP contribution in [-0.2, 0) is 31.5 Å². The first-order chi connectivity index (χ1) is 25.4. The predicted octanol–water partition coefficient (Wildman–Crippen LogP) is 5.13. The summed E-state index contributed by atoms with van der Waals surface area (Å²) in [5, 5.41) is 13.7. The van der Waals surface area contributed by atoms with E-state index >= 15 is 0 Å². The van der Waals surface area contributed by atoms with Crippen LogP contribution >= 0.6 is 11.6 Å². The Kier molecular flexibility index (Phi) is 14.5. The lowest BCUT2D eigenvalue weighted by Gasteiger charge is -2.25. The molecule has 6 amide bonds. The third-order valence-electron chi connectivity index (χ3n) is 8.82. The van der Waals surface area contributed by atoms with E-state index < -0.39 is 48.5 Å². The number of hydrogen-bond acceptors (Lipinski definition) is 7. The summed E-state index contributed by atoms with van der Waals surface area (Å²) < 4.78 is 5.81. The molecule has 0 heterocycles. The molecule has 1 aliphatic rings. The van der Waals surface area contributed by atoms with Crippen molar-refractivity contribution >= 4 is 47.1 Å². The Balaban J connectivity index is 1.44. The van der Waals surface area contributed by atoms with E-state index in [2.05, 4.69) is 43.4 Å². The van der Waals surface area contributed by atoms with Gasteiger partial charge < -0.3 is 36.6 Å². The number of benzene rings is 3. The fraction of sp³-hybridized carbons (Fsp3) is 0.378. The van der Waals surface area contributed by atoms with Gasteiger partial charge in [-0.1, -0.05) is 73.6 Å². The minimum Gasteiger partial charge on any atom is -0.448 e. The number of alkyl halides is 1. The summed E-state index contributed by atoms with van der Waals surface area (Å²) in [7, 11) is 1.62. The highest BCUT2D eigenvalue weighted by atomic mass is 35.5. The lowest BCUT2D eigenvalue weighted by molar-refractivity contribution is -0.131. The van der Waals surface area contributed by atoms with Crippen molar-refractivity contribution in [3.63, 3.8) is 0 Å². The summed E-state index contributed by atoms with van der Waals surface area (Å²) >= 11 is 6.25. The molecule has 280 valence electrons. The number of primary amides is 1. The SMILES string of the molecule is CC(C)[C@H](NC(=O)CN=[N+]=[N-])C(=O)N[C@@H](CCCNC(N)=O)C(=O)Nc1ccc(CCl)c(CN(C)C(=O)OCC2c3ccccc3-c3ccccc32)c1. The average molecular weight is 746 g/mol. The van der Waals surface area contributed by atoms with Gasteiger partial charge in [0, 0.05) is 42.5 Å². The Morgan fingerprint density at radius 1 is 0.962 bits per heavy atom. The van der Waals surface area contributed by atoms with Crippen molar-refractivity contribution in [3.05, 3.63) is 99.4 Å². The average Bonchev–Trinajstić information content (AvgIpc) is 3.46. The van der Waals surface area contributed by atoms with Crippen molar-refractivity contribution in [2.75, 3.05) is 32.1 Å². The van der Waals surface area contributed by atoms with E-state index in [0.29, 0.717) is 11.3 Å². The number of nitrogens with two attached hydrogens (primary N) is 1. The molecule has 0 bridgehead atoms. The van der Waals surface area contributed by atoms with Crippen molar-refractivity contribution < 1.29 is 28.7 Å². The summed E-state index contributed by atoms with van der Waals surface area (Å²) in [6.07, 6.45) is -0.120. The van der Waals surface area contributed by atoms with Gasteiger partial charge in [0.1, 0.15) is 25.2 Å². The Labute approximate surface area is 312 Å². The zero-order chi connectivity index (χ0) is 38.5. The monoisotopic (exact) mass is 745 g/mol. The van der Waals surface area contributed by atoms with Gasteiger partial charge >= 0.3 is 12.1 Å². The topological polar surface area (TPSA) is 221 Å². The molecule has 0 saturated heterocycles. The van der Waals surface area contributed by atoms with Crippen LogP contribution in [0.15, 0.2) is 71.8 Å². The summed E-state index contributed by atoms with van der Waals surface area (Å²) in [5.74, 6) is -2.16. The van der Waals surface area contributed by atoms with Crippen LogP contribution in [0.1, 0.15) is 54.9 Å². The normalized spacial score (nSPS) is 12.7. The molecule has 0 aromatic heterocycles. The Morgan fingerprint density at radius 3 is 2.23 bits per heavy atom. The number of carbonyl (C=O) groups is 5. The van der Waals surface area contributed by atoms with Crippen molar-refractivity contribution in [2.45, 2.75) is 57.1 Å². The first kappa shape index (κ1) is 40.0. The van der Waals surface area contributed by atoms with Gasteiger partial charge in [-0.15, -0.1) is 11.6 Å². The molecule has 0 spiro atoms. The number of fused-ring (bicyclic) bond motifs is 3. The molecule has 0 saturated carbocycles. The highest BCUT2D eigenvalue weighted by molar-refractivity contribution is 6.17. The van der Waals surface area contributed by atoms with Crippen LogP contribution in [0.5, 0.6) is 0 Å². The second kappa shape index (κ2) is 19.2. The van der Waals surface area contributed by atoms with E-state index in [1.165, 1.54) is 4.90 Å². The van der Waals surface area contributed by atoms with E-state index in [-0.39, 0.29) is 50.3 Å². The summed E-state index contributed by atoms with van der Waals surface area (Å²) in [6, 6.07) is 18.4. The van der Waals surface area contributed by atoms with Gasteiger partial charge in [0.25, 0.3) is 0 Å². The standard InChI is InChI=1S/C37H44ClN9O6/c1-22(2)33(45-32(48)19-42-46-40)35(50)44-31(13-8-16-41-36(39)51)34(49)43-25-15-14-23(18-38)24(17-25)20-47(3)37(52)53-21-30-28-11-6-4-9-26(28)27-10-5-7-12-29(27)30/h4-7,9-12,14-15,17,22,30-31,33H,8,13,16,18-21H2,1-3H3,(H,43,49)(H,44,50)(H,45,48)(H3,39,41,51)/t31-,33-/m0/s1. The maximum absolute atomic E-state index is 13.6. The van der Waals surface area contributed by atoms with Crippen molar-refractivity contribution in [1.29, 1.82) is 0 Å². The number of nitrogens with zero attached hydrogens (tertiary/aromatic N) is 4. The lowest BCUT2D eigenvalue weighted by Crippen LogP contribution is -2.55. The van der Waals surface area contributed by atoms with Gasteiger partial charge in [0.2, 0.25) is 17.7 Å². The molecule has 1 aliphatic carbocycles. The fourth-order valence-corrected chi connectivity index (χ4v) is 6.39. The smallest absolute Gasteiger partial charge is 0.409 e. The molecular weight excluding hydrogens is 702 g/mol. The van der Waals surface area contributed by atoms with Crippen molar-refractivity contribution in [3.8, 4) is 11.1 Å². The number of azide groups is 1. The van der Waals surface area contributed by atoms with Crippen LogP contribution in [0, 0.1) is 5.92 Å². The molecule has 15 nitrogen and oxygen atoms in total. The third kappa shape index (κ3) is 10.9. The zero-order valence-electron chi connectivity index (χ0n) is 29.8. The number of carbonyl (C=O) groups excluding carboxylic acids is 5. The summed E-state index contributed by atoms with van der Waals surface area (Å²) in [6.45, 7) is 3.38.